The van der Waals surface area contributed by atoms with Crippen LogP contribution in [0.3, 0.4) is 0 Å². The van der Waals surface area contributed by atoms with Crippen molar-refractivity contribution in [3.63, 3.8) is 0 Å². The van der Waals surface area contributed by atoms with Gasteiger partial charge < -0.3 is 14.8 Å². The maximum Gasteiger partial charge on any atom is 0.236 e. The predicted octanol–water partition coefficient (Wildman–Crippen LogP) is 4.10. The summed E-state index contributed by atoms with van der Waals surface area (Å²) in [6.07, 6.45) is 1.37. The molecule has 0 unspecified atom stereocenters. The van der Waals surface area contributed by atoms with Crippen LogP contribution in [0.15, 0.2) is 35.7 Å². The topological polar surface area (TPSA) is 47.6 Å². The molecule has 1 fully saturated rings. The molecule has 2 aromatic rings. The number of thiophene rings is 1. The van der Waals surface area contributed by atoms with Crippen molar-refractivity contribution in [3.8, 4) is 5.75 Å². The van der Waals surface area contributed by atoms with E-state index in [2.05, 4.69) is 5.32 Å². The normalized spacial score (nSPS) is 16.8. The van der Waals surface area contributed by atoms with E-state index in [0.717, 1.165) is 4.88 Å². The number of benzene rings is 1. The summed E-state index contributed by atoms with van der Waals surface area (Å²) in [6, 6.07) is 9.26. The minimum atomic E-state index is -0.529. The lowest BCUT2D eigenvalue weighted by molar-refractivity contribution is -0.125. The van der Waals surface area contributed by atoms with E-state index in [4.69, 9.17) is 21.1 Å². The van der Waals surface area contributed by atoms with E-state index < -0.39 is 5.41 Å². The van der Waals surface area contributed by atoms with Crippen LogP contribution in [0.4, 0.5) is 5.69 Å². The Morgan fingerprint density at radius 3 is 2.74 bits per heavy atom. The highest BCUT2D eigenvalue weighted by Crippen LogP contribution is 2.39. The summed E-state index contributed by atoms with van der Waals surface area (Å²) in [6.45, 7) is 1.18. The van der Waals surface area contributed by atoms with Gasteiger partial charge in [0.25, 0.3) is 0 Å². The van der Waals surface area contributed by atoms with E-state index in [1.807, 2.05) is 17.5 Å². The van der Waals surface area contributed by atoms with Crippen LogP contribution >= 0.6 is 22.9 Å². The van der Waals surface area contributed by atoms with E-state index in [1.54, 1.807) is 36.6 Å². The van der Waals surface area contributed by atoms with Gasteiger partial charge in [-0.3, -0.25) is 4.79 Å². The largest absolute Gasteiger partial charge is 0.495 e. The first-order chi connectivity index (χ1) is 11.2. The lowest BCUT2D eigenvalue weighted by Gasteiger charge is -2.35. The molecule has 1 amide bonds. The highest BCUT2D eigenvalue weighted by molar-refractivity contribution is 7.10. The molecule has 3 rings (SSSR count). The number of rotatable bonds is 4. The lowest BCUT2D eigenvalue weighted by Crippen LogP contribution is -2.44. The fourth-order valence-corrected chi connectivity index (χ4v) is 4.09. The van der Waals surface area contributed by atoms with E-state index in [9.17, 15) is 4.79 Å². The van der Waals surface area contributed by atoms with E-state index >= 15 is 0 Å². The number of nitrogens with one attached hydrogen (secondary N) is 1. The molecule has 122 valence electrons. The number of carbonyl (C=O) groups excluding carboxylic acids is 1. The number of anilines is 1. The van der Waals surface area contributed by atoms with Gasteiger partial charge in [-0.25, -0.2) is 0 Å². The van der Waals surface area contributed by atoms with Crippen LogP contribution in [0.5, 0.6) is 5.75 Å². The first-order valence-corrected chi connectivity index (χ1v) is 8.68. The van der Waals surface area contributed by atoms with Gasteiger partial charge in [-0.1, -0.05) is 17.7 Å². The summed E-state index contributed by atoms with van der Waals surface area (Å²) in [5.74, 6) is 0.577. The van der Waals surface area contributed by atoms with E-state index in [1.165, 1.54) is 0 Å². The third kappa shape index (κ3) is 3.22. The van der Waals surface area contributed by atoms with Gasteiger partial charge in [0, 0.05) is 23.8 Å². The average molecular weight is 352 g/mol. The molecule has 23 heavy (non-hydrogen) atoms. The van der Waals surface area contributed by atoms with Gasteiger partial charge in [-0.05, 0) is 42.5 Å². The molecule has 0 aliphatic carbocycles. The van der Waals surface area contributed by atoms with Crippen LogP contribution in [0.25, 0.3) is 0 Å². The van der Waals surface area contributed by atoms with Crippen LogP contribution in [0.1, 0.15) is 17.7 Å². The Morgan fingerprint density at radius 2 is 2.13 bits per heavy atom. The predicted molar refractivity (Wildman–Crippen MR) is 92.7 cm³/mol. The standard InChI is InChI=1S/C17H18ClNO3S/c1-21-14-5-4-12(11-13(14)18)19-16(20)17(6-8-22-9-7-17)15-3-2-10-23-15/h2-5,10-11H,6-9H2,1H3,(H,19,20). The Kier molecular flexibility index (Phi) is 4.90. The minimum absolute atomic E-state index is 0.00974. The van der Waals surface area contributed by atoms with E-state index in [0.29, 0.717) is 42.5 Å². The minimum Gasteiger partial charge on any atom is -0.495 e. The first-order valence-electron chi connectivity index (χ1n) is 7.42. The summed E-state index contributed by atoms with van der Waals surface area (Å²) in [5.41, 5.74) is 0.141. The molecule has 0 radical (unpaired) electrons. The fraction of sp³-hybridized carbons (Fsp3) is 0.353. The van der Waals surface area contributed by atoms with Crippen molar-refractivity contribution in [2.75, 3.05) is 25.6 Å². The molecule has 1 N–H and O–H groups in total. The highest BCUT2D eigenvalue weighted by Gasteiger charge is 2.42. The smallest absolute Gasteiger partial charge is 0.236 e. The number of amides is 1. The fourth-order valence-electron chi connectivity index (χ4n) is 2.85. The first kappa shape index (κ1) is 16.3. The van der Waals surface area contributed by atoms with Crippen molar-refractivity contribution in [3.05, 3.63) is 45.6 Å². The Bertz CT molecular complexity index is 681. The zero-order chi connectivity index (χ0) is 16.3. The van der Waals surface area contributed by atoms with Gasteiger partial charge in [0.05, 0.1) is 17.5 Å². The number of methoxy groups -OCH3 is 1. The summed E-state index contributed by atoms with van der Waals surface area (Å²) < 4.78 is 10.6. The Labute approximate surface area is 144 Å². The summed E-state index contributed by atoms with van der Waals surface area (Å²) in [4.78, 5) is 14.1. The Hall–Kier alpha value is -1.56. The molecule has 1 aromatic carbocycles. The second kappa shape index (κ2) is 6.91. The van der Waals surface area contributed by atoms with E-state index in [-0.39, 0.29) is 5.91 Å². The quantitative estimate of drug-likeness (QED) is 0.902. The van der Waals surface area contributed by atoms with Crippen LogP contribution in [-0.4, -0.2) is 26.2 Å². The van der Waals surface area contributed by atoms with Crippen molar-refractivity contribution < 1.29 is 14.3 Å². The average Bonchev–Trinajstić information content (AvgIpc) is 3.10. The summed E-state index contributed by atoms with van der Waals surface area (Å²) >= 11 is 7.75. The monoisotopic (exact) mass is 351 g/mol. The zero-order valence-corrected chi connectivity index (χ0v) is 14.4. The number of hydrogen-bond acceptors (Lipinski definition) is 4. The molecule has 0 saturated carbocycles. The maximum atomic E-state index is 13.0. The summed E-state index contributed by atoms with van der Waals surface area (Å²) in [5, 5.41) is 5.48. The molecule has 0 spiro atoms. The molecular formula is C17H18ClNO3S. The molecule has 1 aromatic heterocycles. The Balaban J connectivity index is 1.86. The lowest BCUT2D eigenvalue weighted by atomic mass is 9.78. The molecule has 6 heteroatoms. The number of carbonyl (C=O) groups is 1. The molecule has 2 heterocycles. The third-order valence-electron chi connectivity index (χ3n) is 4.18. The number of hydrogen-bond donors (Lipinski definition) is 1. The zero-order valence-electron chi connectivity index (χ0n) is 12.8. The van der Waals surface area contributed by atoms with Crippen molar-refractivity contribution in [2.45, 2.75) is 18.3 Å². The Morgan fingerprint density at radius 1 is 1.35 bits per heavy atom. The van der Waals surface area contributed by atoms with Crippen molar-refractivity contribution >= 4 is 34.5 Å². The number of halogens is 1. The number of ether oxygens (including phenoxy) is 2. The molecule has 0 atom stereocenters. The molecule has 1 aliphatic heterocycles. The summed E-state index contributed by atoms with van der Waals surface area (Å²) in [7, 11) is 1.56. The third-order valence-corrected chi connectivity index (χ3v) is 5.55. The van der Waals surface area contributed by atoms with Gasteiger partial charge >= 0.3 is 0 Å². The van der Waals surface area contributed by atoms with Crippen molar-refractivity contribution in [1.82, 2.24) is 0 Å². The second-order valence-electron chi connectivity index (χ2n) is 5.48. The van der Waals surface area contributed by atoms with Crippen LogP contribution in [0, 0.1) is 0 Å². The van der Waals surface area contributed by atoms with Gasteiger partial charge in [0.1, 0.15) is 5.75 Å². The molecule has 1 saturated heterocycles. The molecular weight excluding hydrogens is 334 g/mol. The molecule has 0 bridgehead atoms. The van der Waals surface area contributed by atoms with Gasteiger partial charge in [-0.2, -0.15) is 0 Å². The van der Waals surface area contributed by atoms with Gasteiger partial charge in [0.2, 0.25) is 5.91 Å². The van der Waals surface area contributed by atoms with Crippen LogP contribution in [0.2, 0.25) is 5.02 Å². The maximum absolute atomic E-state index is 13.0. The highest BCUT2D eigenvalue weighted by atomic mass is 35.5. The molecule has 4 nitrogen and oxygen atoms in total. The van der Waals surface area contributed by atoms with Crippen molar-refractivity contribution in [2.24, 2.45) is 0 Å². The SMILES string of the molecule is COc1ccc(NC(=O)C2(c3cccs3)CCOCC2)cc1Cl. The van der Waals surface area contributed by atoms with Crippen LogP contribution in [-0.2, 0) is 14.9 Å². The van der Waals surface area contributed by atoms with Crippen molar-refractivity contribution in [1.29, 1.82) is 0 Å². The molecule has 1 aliphatic rings. The van der Waals surface area contributed by atoms with Crippen LogP contribution < -0.4 is 10.1 Å². The van der Waals surface area contributed by atoms with Gasteiger partial charge in [-0.15, -0.1) is 11.3 Å². The second-order valence-corrected chi connectivity index (χ2v) is 6.83. The van der Waals surface area contributed by atoms with Gasteiger partial charge in [0.15, 0.2) is 0 Å².